The first kappa shape index (κ1) is 25.5. The van der Waals surface area contributed by atoms with Crippen molar-refractivity contribution in [2.45, 2.75) is 51.2 Å². The number of carbonyl (C=O) groups excluding carboxylic acids is 3. The maximum atomic E-state index is 12.9. The predicted octanol–water partition coefficient (Wildman–Crippen LogP) is 0.235. The van der Waals surface area contributed by atoms with Gasteiger partial charge in [0, 0.05) is 36.0 Å². The van der Waals surface area contributed by atoms with Crippen LogP contribution < -0.4 is 22.1 Å². The van der Waals surface area contributed by atoms with Crippen molar-refractivity contribution in [3.05, 3.63) is 48.0 Å². The largest absolute Gasteiger partial charge is 0.480 e. The van der Waals surface area contributed by atoms with Crippen LogP contribution in [-0.2, 0) is 20.8 Å². The van der Waals surface area contributed by atoms with Gasteiger partial charge in [0.1, 0.15) is 12.1 Å². The lowest BCUT2D eigenvalue weighted by Crippen LogP contribution is -2.55. The van der Waals surface area contributed by atoms with E-state index >= 15 is 0 Å². The van der Waals surface area contributed by atoms with E-state index in [1.165, 1.54) is 18.5 Å². The van der Waals surface area contributed by atoms with Crippen molar-refractivity contribution in [1.82, 2.24) is 20.6 Å². The number of nitrogens with one attached hydrogen (secondary N) is 3. The Balaban J connectivity index is 2.07. The molecular formula is C22H30N6O5. The lowest BCUT2D eigenvalue weighted by atomic mass is 9.99. The van der Waals surface area contributed by atoms with Crippen molar-refractivity contribution in [1.29, 1.82) is 0 Å². The monoisotopic (exact) mass is 458 g/mol. The van der Waals surface area contributed by atoms with E-state index in [9.17, 15) is 24.3 Å². The number of nitrogens with zero attached hydrogens (tertiary/aromatic N) is 1. The maximum Gasteiger partial charge on any atom is 0.326 e. The fourth-order valence-electron chi connectivity index (χ4n) is 3.23. The summed E-state index contributed by atoms with van der Waals surface area (Å²) in [5, 5.41) is 14.5. The summed E-state index contributed by atoms with van der Waals surface area (Å²) < 4.78 is 0. The van der Waals surface area contributed by atoms with E-state index in [2.05, 4.69) is 20.6 Å². The first-order chi connectivity index (χ1) is 15.6. The standard InChI is InChI=1S/C22H30N6O5/c1-12(2)7-17(27-20(30)16(24)8-13-10-25-11-26-13)21(31)28-18(22(32)33)9-19(29)14-5-3-4-6-15(14)23/h3-6,10-12,16-18H,7-9,23-24H2,1-2H3,(H,25,26)(H,27,30)(H,28,31)(H,32,33)/t16-,17-,18-/m0/s1. The Morgan fingerprint density at radius 3 is 2.33 bits per heavy atom. The summed E-state index contributed by atoms with van der Waals surface area (Å²) in [6.45, 7) is 3.71. The molecule has 1 aromatic heterocycles. The number of ketones is 1. The molecule has 2 aromatic rings. The van der Waals surface area contributed by atoms with Gasteiger partial charge in [0.25, 0.3) is 0 Å². The molecule has 8 N–H and O–H groups in total. The number of hydrogen-bond acceptors (Lipinski definition) is 7. The van der Waals surface area contributed by atoms with Crippen LogP contribution in [0.15, 0.2) is 36.8 Å². The van der Waals surface area contributed by atoms with Crippen LogP contribution in [0.4, 0.5) is 5.69 Å². The number of nitrogen functional groups attached to an aromatic ring is 1. The second-order valence-electron chi connectivity index (χ2n) is 8.19. The van der Waals surface area contributed by atoms with Gasteiger partial charge in [0.2, 0.25) is 11.8 Å². The van der Waals surface area contributed by atoms with E-state index in [0.29, 0.717) is 5.69 Å². The second-order valence-corrected chi connectivity index (χ2v) is 8.19. The molecule has 11 heteroatoms. The molecule has 33 heavy (non-hydrogen) atoms. The Labute approximate surface area is 191 Å². The van der Waals surface area contributed by atoms with Gasteiger partial charge < -0.3 is 32.2 Å². The van der Waals surface area contributed by atoms with Crippen molar-refractivity contribution >= 4 is 29.3 Å². The molecule has 0 radical (unpaired) electrons. The lowest BCUT2D eigenvalue weighted by Gasteiger charge is -2.24. The maximum absolute atomic E-state index is 12.9. The van der Waals surface area contributed by atoms with Gasteiger partial charge in [-0.2, -0.15) is 0 Å². The van der Waals surface area contributed by atoms with E-state index in [1.54, 1.807) is 18.3 Å². The topological polar surface area (TPSA) is 193 Å². The molecule has 0 bridgehead atoms. The number of imidazole rings is 1. The molecule has 0 saturated carbocycles. The van der Waals surface area contributed by atoms with Crippen LogP contribution in [0, 0.1) is 5.92 Å². The van der Waals surface area contributed by atoms with Crippen LogP contribution in [0.5, 0.6) is 0 Å². The Morgan fingerprint density at radius 1 is 1.09 bits per heavy atom. The number of aromatic nitrogens is 2. The summed E-state index contributed by atoms with van der Waals surface area (Å²) in [6.07, 6.45) is 2.95. The first-order valence-electron chi connectivity index (χ1n) is 10.5. The van der Waals surface area contributed by atoms with Crippen LogP contribution in [0.1, 0.15) is 42.7 Å². The average Bonchev–Trinajstić information content (AvgIpc) is 3.25. The molecule has 178 valence electrons. The minimum atomic E-state index is -1.49. The number of rotatable bonds is 12. The number of benzene rings is 1. The smallest absolute Gasteiger partial charge is 0.326 e. The van der Waals surface area contributed by atoms with Crippen LogP contribution in [0.2, 0.25) is 0 Å². The van der Waals surface area contributed by atoms with Crippen molar-refractivity contribution in [3.8, 4) is 0 Å². The van der Waals surface area contributed by atoms with Crippen LogP contribution in [0.3, 0.4) is 0 Å². The van der Waals surface area contributed by atoms with Crippen molar-refractivity contribution in [3.63, 3.8) is 0 Å². The molecular weight excluding hydrogens is 428 g/mol. The van der Waals surface area contributed by atoms with Crippen LogP contribution in [-0.4, -0.2) is 56.8 Å². The third-order valence-electron chi connectivity index (χ3n) is 4.94. The molecule has 0 fully saturated rings. The highest BCUT2D eigenvalue weighted by atomic mass is 16.4. The molecule has 0 saturated heterocycles. The third-order valence-corrected chi connectivity index (χ3v) is 4.94. The predicted molar refractivity (Wildman–Crippen MR) is 121 cm³/mol. The molecule has 1 heterocycles. The molecule has 2 rings (SSSR count). The average molecular weight is 459 g/mol. The van der Waals surface area contributed by atoms with E-state index in [4.69, 9.17) is 11.5 Å². The van der Waals surface area contributed by atoms with E-state index in [0.717, 1.165) is 0 Å². The Hall–Kier alpha value is -3.73. The number of nitrogens with two attached hydrogens (primary N) is 2. The zero-order valence-electron chi connectivity index (χ0n) is 18.6. The summed E-state index contributed by atoms with van der Waals surface area (Å²) in [7, 11) is 0. The molecule has 2 amide bonds. The summed E-state index contributed by atoms with van der Waals surface area (Å²) in [4.78, 5) is 56.4. The number of aromatic amines is 1. The highest BCUT2D eigenvalue weighted by Crippen LogP contribution is 2.15. The lowest BCUT2D eigenvalue weighted by molar-refractivity contribution is -0.142. The molecule has 11 nitrogen and oxygen atoms in total. The number of carbonyl (C=O) groups is 4. The molecule has 0 aliphatic heterocycles. The summed E-state index contributed by atoms with van der Waals surface area (Å²) in [6, 6.07) is 2.82. The van der Waals surface area contributed by atoms with Gasteiger partial charge in [-0.1, -0.05) is 26.0 Å². The fraction of sp³-hybridized carbons (Fsp3) is 0.409. The quantitative estimate of drug-likeness (QED) is 0.192. The van der Waals surface area contributed by atoms with Crippen LogP contribution >= 0.6 is 0 Å². The Bertz CT molecular complexity index is 975. The summed E-state index contributed by atoms with van der Waals surface area (Å²) >= 11 is 0. The van der Waals surface area contributed by atoms with Gasteiger partial charge in [0.15, 0.2) is 5.78 Å². The molecule has 3 atom stereocenters. The second kappa shape index (κ2) is 11.8. The van der Waals surface area contributed by atoms with Crippen LogP contribution in [0.25, 0.3) is 0 Å². The highest BCUT2D eigenvalue weighted by molar-refractivity contribution is 6.03. The van der Waals surface area contributed by atoms with Gasteiger partial charge in [-0.15, -0.1) is 0 Å². The van der Waals surface area contributed by atoms with Gasteiger partial charge in [-0.05, 0) is 24.5 Å². The van der Waals surface area contributed by atoms with Gasteiger partial charge in [-0.25, -0.2) is 9.78 Å². The summed E-state index contributed by atoms with van der Waals surface area (Å²) in [5.74, 6) is -3.17. The van der Waals surface area contributed by atoms with E-state index in [-0.39, 0.29) is 30.0 Å². The zero-order chi connectivity index (χ0) is 24.5. The third kappa shape index (κ3) is 7.72. The number of H-pyrrole nitrogens is 1. The Kier molecular flexibility index (Phi) is 9.10. The molecule has 0 aliphatic carbocycles. The van der Waals surface area contributed by atoms with Gasteiger partial charge in [-0.3, -0.25) is 14.4 Å². The normalized spacial score (nSPS) is 13.7. The molecule has 0 unspecified atom stereocenters. The molecule has 0 spiro atoms. The number of para-hydroxylation sites is 1. The number of carboxylic acid groups (broad SMARTS) is 1. The van der Waals surface area contributed by atoms with Crippen molar-refractivity contribution in [2.75, 3.05) is 5.73 Å². The van der Waals surface area contributed by atoms with Gasteiger partial charge in [0.05, 0.1) is 12.4 Å². The van der Waals surface area contributed by atoms with Crippen molar-refractivity contribution in [2.24, 2.45) is 11.7 Å². The number of hydrogen-bond donors (Lipinski definition) is 6. The van der Waals surface area contributed by atoms with E-state index in [1.807, 2.05) is 13.8 Å². The first-order valence-corrected chi connectivity index (χ1v) is 10.5. The number of Topliss-reactive ketones (excluding diaryl/α,β-unsaturated/α-hetero) is 1. The highest BCUT2D eigenvalue weighted by Gasteiger charge is 2.30. The minimum absolute atomic E-state index is 0.0129. The van der Waals surface area contributed by atoms with Gasteiger partial charge >= 0.3 is 5.97 Å². The SMILES string of the molecule is CC(C)C[C@H](NC(=O)[C@@H](N)Cc1cnc[nH]1)C(=O)N[C@@H](CC(=O)c1ccccc1N)C(=O)O. The zero-order valence-corrected chi connectivity index (χ0v) is 18.6. The Morgan fingerprint density at radius 2 is 1.76 bits per heavy atom. The van der Waals surface area contributed by atoms with E-state index < -0.39 is 48.1 Å². The van der Waals surface area contributed by atoms with Crippen molar-refractivity contribution < 1.29 is 24.3 Å². The fourth-order valence-corrected chi connectivity index (χ4v) is 3.23. The number of amides is 2. The molecule has 0 aliphatic rings. The number of anilines is 1. The number of aliphatic carboxylic acids is 1. The molecule has 1 aromatic carbocycles. The number of carboxylic acids is 1. The summed E-state index contributed by atoms with van der Waals surface area (Å²) in [5.41, 5.74) is 12.8. The minimum Gasteiger partial charge on any atom is -0.480 e.